The van der Waals surface area contributed by atoms with Crippen LogP contribution in [-0.4, -0.2) is 37.5 Å². The van der Waals surface area contributed by atoms with E-state index in [2.05, 4.69) is 0 Å². The third-order valence-corrected chi connectivity index (χ3v) is 6.21. The number of aryl methyl sites for hydroxylation is 1. The fraction of sp³-hybridized carbons (Fsp3) is 0.571. The van der Waals surface area contributed by atoms with E-state index in [1.165, 1.54) is 18.3 Å². The van der Waals surface area contributed by atoms with E-state index in [1.54, 1.807) is 6.92 Å². The van der Waals surface area contributed by atoms with E-state index < -0.39 is 15.8 Å². The van der Waals surface area contributed by atoms with Gasteiger partial charge < -0.3 is 10.8 Å². The van der Waals surface area contributed by atoms with Crippen LogP contribution >= 0.6 is 0 Å². The monoisotopic (exact) mass is 316 g/mol. The molecule has 0 spiro atoms. The summed E-state index contributed by atoms with van der Waals surface area (Å²) in [6.45, 7) is 3.41. The quantitative estimate of drug-likeness (QED) is 0.823. The first-order valence-corrected chi connectivity index (χ1v) is 8.28. The number of aliphatic hydroxyl groups excluding tert-OH is 1. The molecule has 21 heavy (non-hydrogen) atoms. The highest BCUT2D eigenvalue weighted by molar-refractivity contribution is 7.89. The summed E-state index contributed by atoms with van der Waals surface area (Å²) >= 11 is 0. The van der Waals surface area contributed by atoms with Crippen LogP contribution in [0.2, 0.25) is 0 Å². The van der Waals surface area contributed by atoms with Gasteiger partial charge in [0.25, 0.3) is 0 Å². The summed E-state index contributed by atoms with van der Waals surface area (Å²) in [6.07, 6.45) is 0.906. The highest BCUT2D eigenvalue weighted by Crippen LogP contribution is 2.32. The van der Waals surface area contributed by atoms with Gasteiger partial charge in [0.1, 0.15) is 5.82 Å². The van der Waals surface area contributed by atoms with E-state index in [9.17, 15) is 17.9 Å². The lowest BCUT2D eigenvalue weighted by Crippen LogP contribution is -2.39. The van der Waals surface area contributed by atoms with E-state index >= 15 is 0 Å². The molecule has 1 aromatic rings. The molecular formula is C14H21FN2O3S. The van der Waals surface area contributed by atoms with Crippen LogP contribution in [0.15, 0.2) is 11.0 Å². The first-order valence-electron chi connectivity index (χ1n) is 6.84. The fourth-order valence-electron chi connectivity index (χ4n) is 2.79. The van der Waals surface area contributed by atoms with Crippen LogP contribution < -0.4 is 5.73 Å². The molecule has 0 bridgehead atoms. The zero-order chi connectivity index (χ0) is 15.9. The van der Waals surface area contributed by atoms with Crippen molar-refractivity contribution in [3.63, 3.8) is 0 Å². The van der Waals surface area contributed by atoms with Crippen molar-refractivity contribution in [3.8, 4) is 0 Å². The molecule has 0 aliphatic heterocycles. The Labute approximate surface area is 124 Å². The number of hydrogen-bond donors (Lipinski definition) is 2. The topological polar surface area (TPSA) is 83.6 Å². The Morgan fingerprint density at radius 3 is 2.52 bits per heavy atom. The minimum atomic E-state index is -3.72. The second-order valence-electron chi connectivity index (χ2n) is 5.82. The van der Waals surface area contributed by atoms with E-state index in [0.717, 1.165) is 6.07 Å². The minimum absolute atomic E-state index is 0.0729. The Kier molecular flexibility index (Phi) is 4.28. The fourth-order valence-corrected chi connectivity index (χ4v) is 4.48. The number of halogens is 1. The third kappa shape index (κ3) is 2.90. The second-order valence-corrected chi connectivity index (χ2v) is 7.80. The van der Waals surface area contributed by atoms with Crippen molar-refractivity contribution < 1.29 is 17.9 Å². The Hall–Kier alpha value is -1.18. The molecule has 0 radical (unpaired) electrons. The molecule has 1 aromatic carbocycles. The smallest absolute Gasteiger partial charge is 0.243 e. The van der Waals surface area contributed by atoms with Gasteiger partial charge in [-0.15, -0.1) is 0 Å². The normalized spacial score (nSPS) is 22.4. The van der Waals surface area contributed by atoms with Gasteiger partial charge in [-0.2, -0.15) is 0 Å². The molecule has 0 aromatic heterocycles. The van der Waals surface area contributed by atoms with Crippen molar-refractivity contribution in [1.29, 1.82) is 0 Å². The van der Waals surface area contributed by atoms with Gasteiger partial charge >= 0.3 is 0 Å². The van der Waals surface area contributed by atoms with Crippen molar-refractivity contribution in [2.45, 2.75) is 37.7 Å². The lowest BCUT2D eigenvalue weighted by molar-refractivity contribution is 0.0367. The molecule has 1 aliphatic rings. The van der Waals surface area contributed by atoms with E-state index in [-0.39, 0.29) is 28.2 Å². The summed E-state index contributed by atoms with van der Waals surface area (Å²) in [4.78, 5) is 0.0729. The van der Waals surface area contributed by atoms with Gasteiger partial charge in [-0.1, -0.05) is 0 Å². The van der Waals surface area contributed by atoms with Gasteiger partial charge in [-0.3, -0.25) is 0 Å². The summed E-state index contributed by atoms with van der Waals surface area (Å²) < 4.78 is 40.2. The molecule has 1 fully saturated rings. The van der Waals surface area contributed by atoms with Gasteiger partial charge in [-0.25, -0.2) is 17.1 Å². The number of aliphatic hydroxyl groups is 1. The van der Waals surface area contributed by atoms with Crippen molar-refractivity contribution in [2.24, 2.45) is 5.92 Å². The average Bonchev–Trinajstić information content (AvgIpc) is 2.33. The zero-order valence-corrected chi connectivity index (χ0v) is 13.2. The Morgan fingerprint density at radius 1 is 1.43 bits per heavy atom. The predicted octanol–water partition coefficient (Wildman–Crippen LogP) is 1.42. The molecule has 1 aliphatic carbocycles. The summed E-state index contributed by atoms with van der Waals surface area (Å²) in [5.41, 5.74) is 6.07. The van der Waals surface area contributed by atoms with Crippen LogP contribution in [0.1, 0.15) is 24.0 Å². The summed E-state index contributed by atoms with van der Waals surface area (Å²) in [6, 6.07) is 1.15. The maximum atomic E-state index is 13.6. The van der Waals surface area contributed by atoms with Crippen LogP contribution in [0, 0.1) is 25.6 Å². The molecular weight excluding hydrogens is 295 g/mol. The lowest BCUT2D eigenvalue weighted by atomic mass is 9.82. The molecule has 118 valence electrons. The van der Waals surface area contributed by atoms with Gasteiger partial charge in [0.05, 0.1) is 16.7 Å². The zero-order valence-electron chi connectivity index (χ0n) is 12.4. The summed E-state index contributed by atoms with van der Waals surface area (Å²) in [5, 5.41) is 9.28. The standard InChI is InChI=1S/C14H21FN2O3S/c1-8-4-12(15)13(16)9(2)14(8)21(19,20)17(3)7-10-5-11(18)6-10/h4,10-11,18H,5-7,16H2,1-3H3. The first kappa shape index (κ1) is 16.2. The van der Waals surface area contributed by atoms with Gasteiger partial charge in [0.15, 0.2) is 0 Å². The van der Waals surface area contributed by atoms with Crippen molar-refractivity contribution in [3.05, 3.63) is 23.0 Å². The molecule has 2 rings (SSSR count). The third-order valence-electron chi connectivity index (χ3n) is 4.10. The van der Waals surface area contributed by atoms with E-state index in [1.807, 2.05) is 0 Å². The van der Waals surface area contributed by atoms with Crippen LogP contribution in [0.25, 0.3) is 0 Å². The van der Waals surface area contributed by atoms with Crippen LogP contribution in [0.5, 0.6) is 0 Å². The number of benzene rings is 1. The number of nitrogen functional groups attached to an aromatic ring is 1. The van der Waals surface area contributed by atoms with E-state index in [4.69, 9.17) is 5.73 Å². The van der Waals surface area contributed by atoms with Crippen LogP contribution in [0.3, 0.4) is 0 Å². The van der Waals surface area contributed by atoms with E-state index in [0.29, 0.717) is 24.9 Å². The summed E-state index contributed by atoms with van der Waals surface area (Å²) in [5.74, 6) is -0.438. The second kappa shape index (κ2) is 5.55. The SMILES string of the molecule is Cc1cc(F)c(N)c(C)c1S(=O)(=O)N(C)CC1CC(O)C1. The molecule has 0 atom stereocenters. The first-order chi connectivity index (χ1) is 9.64. The number of sulfonamides is 1. The molecule has 7 heteroatoms. The summed E-state index contributed by atoms with van der Waals surface area (Å²) in [7, 11) is -2.22. The highest BCUT2D eigenvalue weighted by atomic mass is 32.2. The molecule has 5 nitrogen and oxygen atoms in total. The highest BCUT2D eigenvalue weighted by Gasteiger charge is 2.33. The maximum absolute atomic E-state index is 13.6. The van der Waals surface area contributed by atoms with Gasteiger partial charge in [0, 0.05) is 13.6 Å². The number of rotatable bonds is 4. The van der Waals surface area contributed by atoms with Gasteiger partial charge in [0.2, 0.25) is 10.0 Å². The Bertz CT molecular complexity index is 655. The average molecular weight is 316 g/mol. The van der Waals surface area contributed by atoms with Crippen LogP contribution in [-0.2, 0) is 10.0 Å². The molecule has 0 amide bonds. The lowest BCUT2D eigenvalue weighted by Gasteiger charge is -2.34. The predicted molar refractivity (Wildman–Crippen MR) is 78.8 cm³/mol. The molecule has 0 unspecified atom stereocenters. The van der Waals surface area contributed by atoms with Crippen molar-refractivity contribution >= 4 is 15.7 Å². The van der Waals surface area contributed by atoms with Crippen molar-refractivity contribution in [1.82, 2.24) is 4.31 Å². The molecule has 1 saturated carbocycles. The Balaban J connectivity index is 2.33. The van der Waals surface area contributed by atoms with Crippen molar-refractivity contribution in [2.75, 3.05) is 19.3 Å². The van der Waals surface area contributed by atoms with Gasteiger partial charge in [-0.05, 0) is 49.8 Å². The number of hydrogen-bond acceptors (Lipinski definition) is 4. The largest absolute Gasteiger partial charge is 0.396 e. The number of anilines is 1. The number of nitrogens with two attached hydrogens (primary N) is 1. The van der Waals surface area contributed by atoms with Crippen LogP contribution in [0.4, 0.5) is 10.1 Å². The minimum Gasteiger partial charge on any atom is -0.396 e. The molecule has 3 N–H and O–H groups in total. The Morgan fingerprint density at radius 2 is 2.00 bits per heavy atom. The molecule has 0 heterocycles. The maximum Gasteiger partial charge on any atom is 0.243 e. The number of nitrogens with zero attached hydrogens (tertiary/aromatic N) is 1. The molecule has 0 saturated heterocycles.